The molecule has 0 saturated heterocycles. The van der Waals surface area contributed by atoms with Crippen LogP contribution in [0.15, 0.2) is 46.4 Å². The van der Waals surface area contributed by atoms with Gasteiger partial charge in [-0.15, -0.1) is 0 Å². The molecule has 1 aromatic carbocycles. The number of sulfonamides is 1. The first-order valence-electron chi connectivity index (χ1n) is 8.58. The molecule has 0 bridgehead atoms. The molecule has 0 spiro atoms. The van der Waals surface area contributed by atoms with Crippen LogP contribution in [0.1, 0.15) is 18.4 Å². The molecule has 0 aromatic heterocycles. The average molecular weight is 505 g/mol. The number of nitrogens with zero attached hydrogens (tertiary/aromatic N) is 2. The van der Waals surface area contributed by atoms with Crippen molar-refractivity contribution >= 4 is 39.0 Å². The van der Waals surface area contributed by atoms with Crippen molar-refractivity contribution in [3.8, 4) is 0 Å². The summed E-state index contributed by atoms with van der Waals surface area (Å²) in [5.41, 5.74) is 0.648. The van der Waals surface area contributed by atoms with Crippen LogP contribution in [0, 0.1) is 9.39 Å². The lowest BCUT2D eigenvalue weighted by Gasteiger charge is -2.29. The third-order valence-electron chi connectivity index (χ3n) is 5.01. The standard InChI is InChI=1S/C18H18F2IN3O2S/c1-24-9-22-18-16(24)8-15(23-27(25,26)12-4-5-12)13(17(18)20)6-10-2-3-11(21)7-14(10)19/h2-3,7-9,12,16,18,23H,4-6H2,1H3. The van der Waals surface area contributed by atoms with Crippen LogP contribution >= 0.6 is 22.6 Å². The number of hydrogen-bond acceptors (Lipinski definition) is 4. The molecule has 1 saturated carbocycles. The summed E-state index contributed by atoms with van der Waals surface area (Å²) in [7, 11) is -1.81. The summed E-state index contributed by atoms with van der Waals surface area (Å²) >= 11 is 2.00. The van der Waals surface area contributed by atoms with E-state index in [1.54, 1.807) is 30.2 Å². The summed E-state index contributed by atoms with van der Waals surface area (Å²) < 4.78 is 57.7. The molecule has 1 fully saturated rings. The monoisotopic (exact) mass is 505 g/mol. The lowest BCUT2D eigenvalue weighted by molar-refractivity contribution is 0.390. The number of aliphatic imine (C=N–C) groups is 1. The van der Waals surface area contributed by atoms with Crippen molar-refractivity contribution in [2.45, 2.75) is 36.6 Å². The van der Waals surface area contributed by atoms with Gasteiger partial charge in [-0.1, -0.05) is 6.07 Å². The second-order valence-corrected chi connectivity index (χ2v) is 10.2. The molecule has 1 N–H and O–H groups in total. The van der Waals surface area contributed by atoms with Gasteiger partial charge in [0.1, 0.15) is 17.7 Å². The van der Waals surface area contributed by atoms with Crippen molar-refractivity contribution in [1.29, 1.82) is 0 Å². The van der Waals surface area contributed by atoms with Gasteiger partial charge in [0.05, 0.1) is 23.3 Å². The van der Waals surface area contributed by atoms with E-state index >= 15 is 4.39 Å². The largest absolute Gasteiger partial charge is 0.357 e. The summed E-state index contributed by atoms with van der Waals surface area (Å²) in [5, 5.41) is -0.437. The molecule has 2 aliphatic carbocycles. The van der Waals surface area contributed by atoms with Gasteiger partial charge in [0.25, 0.3) is 0 Å². The lowest BCUT2D eigenvalue weighted by atomic mass is 9.90. The van der Waals surface area contributed by atoms with Crippen molar-refractivity contribution in [2.24, 2.45) is 4.99 Å². The van der Waals surface area contributed by atoms with Gasteiger partial charge in [-0.3, -0.25) is 9.71 Å². The predicted octanol–water partition coefficient (Wildman–Crippen LogP) is 2.89. The van der Waals surface area contributed by atoms with E-state index in [9.17, 15) is 12.8 Å². The fraction of sp³-hybridized carbons (Fsp3) is 0.389. The maximum atomic E-state index is 15.3. The molecular formula is C18H18F2IN3O2S. The molecule has 0 amide bonds. The number of rotatable bonds is 5. The van der Waals surface area contributed by atoms with Crippen molar-refractivity contribution in [2.75, 3.05) is 7.05 Å². The average Bonchev–Trinajstić information content (AvgIpc) is 3.39. The van der Waals surface area contributed by atoms with Crippen LogP contribution in [0.4, 0.5) is 8.78 Å². The minimum atomic E-state index is -3.57. The summed E-state index contributed by atoms with van der Waals surface area (Å²) in [6, 6.07) is 3.58. The number of hydrogen-bond donors (Lipinski definition) is 1. The Morgan fingerprint density at radius 1 is 1.33 bits per heavy atom. The van der Waals surface area contributed by atoms with Crippen LogP contribution in [0.2, 0.25) is 0 Å². The Morgan fingerprint density at radius 3 is 2.74 bits per heavy atom. The molecule has 1 aromatic rings. The highest BCUT2D eigenvalue weighted by Crippen LogP contribution is 2.36. The molecule has 27 heavy (non-hydrogen) atoms. The van der Waals surface area contributed by atoms with E-state index in [4.69, 9.17) is 0 Å². The highest BCUT2D eigenvalue weighted by atomic mass is 127. The molecule has 1 aliphatic heterocycles. The molecule has 9 heteroatoms. The smallest absolute Gasteiger partial charge is 0.235 e. The number of fused-ring (bicyclic) bond motifs is 1. The van der Waals surface area contributed by atoms with Crippen molar-refractivity contribution in [3.05, 3.63) is 56.3 Å². The molecule has 3 aliphatic rings. The van der Waals surface area contributed by atoms with Gasteiger partial charge in [-0.2, -0.15) is 0 Å². The quantitative estimate of drug-likeness (QED) is 0.627. The Kier molecular flexibility index (Phi) is 4.77. The maximum Gasteiger partial charge on any atom is 0.235 e. The van der Waals surface area contributed by atoms with E-state index in [1.165, 1.54) is 12.4 Å². The number of allylic oxidation sites excluding steroid dienone is 1. The molecule has 2 unspecified atom stereocenters. The Bertz CT molecular complexity index is 986. The number of likely N-dealkylation sites (N-methyl/N-ethyl adjacent to an activating group) is 1. The normalized spacial score (nSPS) is 24.9. The summed E-state index contributed by atoms with van der Waals surface area (Å²) in [4.78, 5) is 5.91. The van der Waals surface area contributed by atoms with Crippen LogP contribution in [0.3, 0.4) is 0 Å². The van der Waals surface area contributed by atoms with E-state index in [-0.39, 0.29) is 17.7 Å². The van der Waals surface area contributed by atoms with Crippen molar-refractivity contribution in [1.82, 2.24) is 9.62 Å². The van der Waals surface area contributed by atoms with Crippen molar-refractivity contribution in [3.63, 3.8) is 0 Å². The topological polar surface area (TPSA) is 61.8 Å². The Hall–Kier alpha value is -1.49. The second kappa shape index (κ2) is 6.84. The first kappa shape index (κ1) is 18.9. The zero-order chi connectivity index (χ0) is 19.3. The fourth-order valence-electron chi connectivity index (χ4n) is 3.31. The summed E-state index contributed by atoms with van der Waals surface area (Å²) in [6.07, 6.45) is 4.37. The minimum Gasteiger partial charge on any atom is -0.357 e. The summed E-state index contributed by atoms with van der Waals surface area (Å²) in [6.45, 7) is 0. The third-order valence-corrected chi connectivity index (χ3v) is 7.54. The maximum absolute atomic E-state index is 15.3. The predicted molar refractivity (Wildman–Crippen MR) is 108 cm³/mol. The van der Waals surface area contributed by atoms with Crippen molar-refractivity contribution < 1.29 is 17.2 Å². The van der Waals surface area contributed by atoms with Gasteiger partial charge in [0, 0.05) is 22.6 Å². The van der Waals surface area contributed by atoms with Gasteiger partial charge < -0.3 is 4.90 Å². The minimum absolute atomic E-state index is 0.0456. The fourth-order valence-corrected chi connectivity index (χ4v) is 5.19. The zero-order valence-electron chi connectivity index (χ0n) is 14.5. The van der Waals surface area contributed by atoms with Gasteiger partial charge in [-0.05, 0) is 59.2 Å². The lowest BCUT2D eigenvalue weighted by Crippen LogP contribution is -2.39. The molecule has 144 valence electrons. The summed E-state index contributed by atoms with van der Waals surface area (Å²) in [5.74, 6) is -0.963. The Labute approximate surface area is 170 Å². The van der Waals surface area contributed by atoms with Crippen LogP contribution in [-0.2, 0) is 16.4 Å². The van der Waals surface area contributed by atoms with E-state index in [1.807, 2.05) is 22.6 Å². The first-order chi connectivity index (χ1) is 12.8. The Balaban J connectivity index is 1.72. The zero-order valence-corrected chi connectivity index (χ0v) is 17.5. The SMILES string of the molecule is CN1C=NC2C(F)=C(Cc3ccc(I)cc3F)C(NS(=O)(=O)C3CC3)=CC21. The Morgan fingerprint density at radius 2 is 2.07 bits per heavy atom. The molecule has 4 rings (SSSR count). The molecule has 1 heterocycles. The van der Waals surface area contributed by atoms with E-state index in [2.05, 4.69) is 9.71 Å². The number of nitrogens with one attached hydrogen (secondary N) is 1. The second-order valence-electron chi connectivity index (χ2n) is 7.03. The van der Waals surface area contributed by atoms with Gasteiger partial charge in [-0.25, -0.2) is 17.2 Å². The van der Waals surface area contributed by atoms with Gasteiger partial charge >= 0.3 is 0 Å². The first-order valence-corrected chi connectivity index (χ1v) is 11.2. The van der Waals surface area contributed by atoms with Crippen LogP contribution in [0.5, 0.6) is 0 Å². The van der Waals surface area contributed by atoms with E-state index in [0.29, 0.717) is 18.4 Å². The number of halogens is 3. The van der Waals surface area contributed by atoms with E-state index < -0.39 is 39.0 Å². The third kappa shape index (κ3) is 3.63. The van der Waals surface area contributed by atoms with Crippen LogP contribution in [0.25, 0.3) is 0 Å². The highest BCUT2D eigenvalue weighted by Gasteiger charge is 2.41. The van der Waals surface area contributed by atoms with Crippen LogP contribution < -0.4 is 4.72 Å². The van der Waals surface area contributed by atoms with Gasteiger partial charge in [0.2, 0.25) is 10.0 Å². The molecule has 5 nitrogen and oxygen atoms in total. The highest BCUT2D eigenvalue weighted by molar-refractivity contribution is 14.1. The molecular weight excluding hydrogens is 487 g/mol. The molecule has 2 atom stereocenters. The number of benzene rings is 1. The van der Waals surface area contributed by atoms with E-state index in [0.717, 1.165) is 3.57 Å². The molecule has 0 radical (unpaired) electrons. The van der Waals surface area contributed by atoms with Crippen LogP contribution in [-0.4, -0.2) is 44.0 Å². The van der Waals surface area contributed by atoms with Gasteiger partial charge in [0.15, 0.2) is 0 Å².